The van der Waals surface area contributed by atoms with Crippen molar-refractivity contribution in [3.63, 3.8) is 0 Å². The monoisotopic (exact) mass is 347 g/mol. The van der Waals surface area contributed by atoms with Crippen molar-refractivity contribution >= 4 is 28.3 Å². The third-order valence-electron chi connectivity index (χ3n) is 3.65. The lowest BCUT2D eigenvalue weighted by molar-refractivity contribution is -0.116. The number of imide groups is 1. The molecule has 0 atom stereocenters. The summed E-state index contributed by atoms with van der Waals surface area (Å²) in [7, 11) is 3.13. The van der Waals surface area contributed by atoms with Crippen molar-refractivity contribution in [2.45, 2.75) is 13.5 Å². The van der Waals surface area contributed by atoms with E-state index in [0.29, 0.717) is 23.0 Å². The van der Waals surface area contributed by atoms with Gasteiger partial charge in [0.1, 0.15) is 23.0 Å². The van der Waals surface area contributed by atoms with Crippen molar-refractivity contribution in [1.29, 1.82) is 0 Å². The number of thiazole rings is 1. The summed E-state index contributed by atoms with van der Waals surface area (Å²) in [6, 6.07) is 5.05. The highest BCUT2D eigenvalue weighted by atomic mass is 32.1. The number of aryl methyl sites for hydroxylation is 1. The van der Waals surface area contributed by atoms with E-state index in [1.54, 1.807) is 26.5 Å². The molecule has 2 heterocycles. The topological polar surface area (TPSA) is 72.0 Å². The fourth-order valence-electron chi connectivity index (χ4n) is 2.52. The zero-order valence-electron chi connectivity index (χ0n) is 13.6. The highest BCUT2D eigenvalue weighted by Crippen LogP contribution is 2.29. The molecule has 2 aromatic rings. The van der Waals surface area contributed by atoms with E-state index < -0.39 is 0 Å². The van der Waals surface area contributed by atoms with Gasteiger partial charge in [-0.2, -0.15) is 0 Å². The summed E-state index contributed by atoms with van der Waals surface area (Å²) in [6.45, 7) is 2.17. The van der Waals surface area contributed by atoms with Crippen molar-refractivity contribution in [1.82, 2.24) is 9.88 Å². The van der Waals surface area contributed by atoms with Gasteiger partial charge < -0.3 is 14.4 Å². The van der Waals surface area contributed by atoms with Crippen molar-refractivity contribution in [3.8, 4) is 11.5 Å². The first-order valence-electron chi connectivity index (χ1n) is 7.28. The van der Waals surface area contributed by atoms with E-state index in [1.807, 2.05) is 19.1 Å². The zero-order valence-corrected chi connectivity index (χ0v) is 14.4. The maximum Gasteiger partial charge on any atom is 0.332 e. The van der Waals surface area contributed by atoms with Gasteiger partial charge in [0.05, 0.1) is 25.4 Å². The Kier molecular flexibility index (Phi) is 4.39. The van der Waals surface area contributed by atoms with Crippen LogP contribution in [0.3, 0.4) is 0 Å². The Bertz CT molecular complexity index is 767. The molecule has 1 saturated heterocycles. The number of benzene rings is 1. The standard InChI is InChI=1S/C16H17N3O4S/c1-10-17-7-15(24-10)19-14(20)9-18(16(19)21)8-11-4-12(22-2)6-13(5-11)23-3/h4-7H,8-9H2,1-3H3. The van der Waals surface area contributed by atoms with Gasteiger partial charge in [-0.05, 0) is 24.6 Å². The van der Waals surface area contributed by atoms with Crippen LogP contribution in [0.5, 0.6) is 11.5 Å². The van der Waals surface area contributed by atoms with E-state index in [4.69, 9.17) is 9.47 Å². The lowest BCUT2D eigenvalue weighted by atomic mass is 10.2. The highest BCUT2D eigenvalue weighted by molar-refractivity contribution is 7.16. The fourth-order valence-corrected chi connectivity index (χ4v) is 3.31. The summed E-state index contributed by atoms with van der Waals surface area (Å²) in [5, 5.41) is 1.36. The van der Waals surface area contributed by atoms with Gasteiger partial charge in [-0.25, -0.2) is 14.7 Å². The van der Waals surface area contributed by atoms with E-state index in [0.717, 1.165) is 10.6 Å². The summed E-state index contributed by atoms with van der Waals surface area (Å²) < 4.78 is 10.5. The number of anilines is 1. The van der Waals surface area contributed by atoms with E-state index >= 15 is 0 Å². The Morgan fingerprint density at radius 3 is 2.38 bits per heavy atom. The van der Waals surface area contributed by atoms with Crippen molar-refractivity contribution in [3.05, 3.63) is 35.0 Å². The molecular formula is C16H17N3O4S. The number of aromatic nitrogens is 1. The van der Waals surface area contributed by atoms with Crippen LogP contribution in [-0.4, -0.2) is 42.6 Å². The molecule has 1 aromatic carbocycles. The summed E-state index contributed by atoms with van der Waals surface area (Å²) in [4.78, 5) is 31.6. The average Bonchev–Trinajstić information content (AvgIpc) is 3.10. The van der Waals surface area contributed by atoms with Crippen molar-refractivity contribution in [2.75, 3.05) is 25.7 Å². The van der Waals surface area contributed by atoms with Crippen LogP contribution < -0.4 is 14.4 Å². The molecule has 0 saturated carbocycles. The zero-order chi connectivity index (χ0) is 17.3. The molecule has 1 aromatic heterocycles. The van der Waals surface area contributed by atoms with E-state index in [9.17, 15) is 9.59 Å². The molecule has 0 spiro atoms. The molecule has 0 radical (unpaired) electrons. The van der Waals surface area contributed by atoms with Gasteiger partial charge in [0, 0.05) is 12.6 Å². The number of nitrogens with zero attached hydrogens (tertiary/aromatic N) is 3. The second-order valence-electron chi connectivity index (χ2n) is 5.31. The SMILES string of the molecule is COc1cc(CN2CC(=O)N(c3cnc(C)s3)C2=O)cc(OC)c1. The van der Waals surface area contributed by atoms with Crippen LogP contribution in [0.25, 0.3) is 0 Å². The van der Waals surface area contributed by atoms with Gasteiger partial charge in [0.25, 0.3) is 5.91 Å². The number of hydrogen-bond donors (Lipinski definition) is 0. The number of ether oxygens (including phenoxy) is 2. The third kappa shape index (κ3) is 3.05. The number of carbonyl (C=O) groups is 2. The molecule has 0 aliphatic carbocycles. The van der Waals surface area contributed by atoms with Crippen molar-refractivity contribution < 1.29 is 19.1 Å². The van der Waals surface area contributed by atoms with E-state index in [-0.39, 0.29) is 18.5 Å². The van der Waals surface area contributed by atoms with Gasteiger partial charge in [-0.3, -0.25) is 4.79 Å². The Morgan fingerprint density at radius 2 is 1.83 bits per heavy atom. The second kappa shape index (κ2) is 6.48. The molecule has 1 fully saturated rings. The number of methoxy groups -OCH3 is 2. The minimum Gasteiger partial charge on any atom is -0.497 e. The number of hydrogen-bond acceptors (Lipinski definition) is 6. The third-order valence-corrected chi connectivity index (χ3v) is 4.55. The molecule has 1 aliphatic rings. The predicted octanol–water partition coefficient (Wildman–Crippen LogP) is 2.44. The first kappa shape index (κ1) is 16.3. The van der Waals surface area contributed by atoms with Gasteiger partial charge in [0.2, 0.25) is 0 Å². The quantitative estimate of drug-likeness (QED) is 0.777. The lowest BCUT2D eigenvalue weighted by Gasteiger charge is -2.17. The average molecular weight is 347 g/mol. The molecule has 0 unspecified atom stereocenters. The van der Waals surface area contributed by atoms with E-state index in [1.165, 1.54) is 21.1 Å². The Morgan fingerprint density at radius 1 is 1.17 bits per heavy atom. The molecule has 3 amide bonds. The number of carbonyl (C=O) groups excluding carboxylic acids is 2. The van der Waals surface area contributed by atoms with Crippen LogP contribution in [0.4, 0.5) is 9.80 Å². The molecular weight excluding hydrogens is 330 g/mol. The Balaban J connectivity index is 1.82. The van der Waals surface area contributed by atoms with Crippen LogP contribution in [0.15, 0.2) is 24.4 Å². The molecule has 126 valence electrons. The first-order valence-corrected chi connectivity index (χ1v) is 8.09. The predicted molar refractivity (Wildman–Crippen MR) is 89.7 cm³/mol. The second-order valence-corrected chi connectivity index (χ2v) is 6.52. The summed E-state index contributed by atoms with van der Waals surface area (Å²) >= 11 is 1.32. The minimum atomic E-state index is -0.342. The molecule has 0 N–H and O–H groups in total. The van der Waals surface area contributed by atoms with E-state index in [2.05, 4.69) is 4.98 Å². The van der Waals surface area contributed by atoms with Crippen molar-refractivity contribution in [2.24, 2.45) is 0 Å². The van der Waals surface area contributed by atoms with Gasteiger partial charge in [-0.1, -0.05) is 0 Å². The maximum absolute atomic E-state index is 12.6. The summed E-state index contributed by atoms with van der Waals surface area (Å²) in [5.41, 5.74) is 0.828. The lowest BCUT2D eigenvalue weighted by Crippen LogP contribution is -2.32. The molecule has 1 aliphatic heterocycles. The highest BCUT2D eigenvalue weighted by Gasteiger charge is 2.38. The number of amides is 3. The number of rotatable bonds is 5. The maximum atomic E-state index is 12.6. The number of urea groups is 1. The largest absolute Gasteiger partial charge is 0.497 e. The van der Waals surface area contributed by atoms with Crippen LogP contribution in [0, 0.1) is 6.92 Å². The normalized spacial score (nSPS) is 14.5. The Labute approximate surface area is 143 Å². The molecule has 7 nitrogen and oxygen atoms in total. The van der Waals surface area contributed by atoms with Gasteiger partial charge in [-0.15, -0.1) is 11.3 Å². The van der Waals surface area contributed by atoms with Crippen LogP contribution in [0.2, 0.25) is 0 Å². The van der Waals surface area contributed by atoms with Gasteiger partial charge >= 0.3 is 6.03 Å². The Hall–Kier alpha value is -2.61. The molecule has 3 rings (SSSR count). The fraction of sp³-hybridized carbons (Fsp3) is 0.312. The van der Waals surface area contributed by atoms with Crippen LogP contribution >= 0.6 is 11.3 Å². The molecule has 8 heteroatoms. The first-order chi connectivity index (χ1) is 11.5. The summed E-state index contributed by atoms with van der Waals surface area (Å²) in [6.07, 6.45) is 1.55. The van der Waals surface area contributed by atoms with Gasteiger partial charge in [0.15, 0.2) is 0 Å². The molecule has 24 heavy (non-hydrogen) atoms. The summed E-state index contributed by atoms with van der Waals surface area (Å²) in [5.74, 6) is 1.02. The van der Waals surface area contributed by atoms with Crippen LogP contribution in [-0.2, 0) is 11.3 Å². The smallest absolute Gasteiger partial charge is 0.332 e. The minimum absolute atomic E-state index is 0.0370. The molecule has 0 bridgehead atoms. The van der Waals surface area contributed by atoms with Crippen LogP contribution in [0.1, 0.15) is 10.6 Å².